The Labute approximate surface area is 97.0 Å². The van der Waals surface area contributed by atoms with Crippen LogP contribution in [0.5, 0.6) is 0 Å². The molecule has 3 nitrogen and oxygen atoms in total. The molecular weight excluding hydrogens is 208 g/mol. The first kappa shape index (κ1) is 12.4. The molecule has 0 aromatic rings. The Morgan fingerprint density at radius 1 is 1.60 bits per heavy atom. The summed E-state index contributed by atoms with van der Waals surface area (Å²) in [5, 5.41) is 0. The van der Waals surface area contributed by atoms with Gasteiger partial charge in [0.2, 0.25) is 5.91 Å². The highest BCUT2D eigenvalue weighted by Gasteiger charge is 2.33. The van der Waals surface area contributed by atoms with Crippen LogP contribution in [0.4, 0.5) is 0 Å². The molecule has 0 radical (unpaired) electrons. The number of nitrogens with zero attached hydrogens (tertiary/aromatic N) is 1. The van der Waals surface area contributed by atoms with Crippen molar-refractivity contribution in [2.75, 3.05) is 6.54 Å². The Morgan fingerprint density at radius 2 is 2.20 bits per heavy atom. The van der Waals surface area contributed by atoms with E-state index in [-0.39, 0.29) is 11.8 Å². The quantitative estimate of drug-likeness (QED) is 0.704. The van der Waals surface area contributed by atoms with Crippen LogP contribution in [0.25, 0.3) is 0 Å². The molecule has 15 heavy (non-hydrogen) atoms. The average Bonchev–Trinajstić information content (AvgIpc) is 3.00. The van der Waals surface area contributed by atoms with Crippen molar-refractivity contribution in [3.8, 4) is 0 Å². The minimum absolute atomic E-state index is 0.122. The molecule has 1 saturated carbocycles. The van der Waals surface area contributed by atoms with E-state index in [1.165, 1.54) is 0 Å². The molecule has 0 heterocycles. The highest BCUT2D eigenvalue weighted by atomic mass is 32.1. The molecule has 0 bridgehead atoms. The van der Waals surface area contributed by atoms with Crippen LogP contribution in [-0.4, -0.2) is 28.4 Å². The van der Waals surface area contributed by atoms with Crippen LogP contribution in [0, 0.1) is 5.92 Å². The Bertz CT molecular complexity index is 251. The molecule has 1 aliphatic rings. The van der Waals surface area contributed by atoms with Crippen LogP contribution in [-0.2, 0) is 4.79 Å². The zero-order chi connectivity index (χ0) is 11.4. The van der Waals surface area contributed by atoms with Gasteiger partial charge in [0.25, 0.3) is 0 Å². The van der Waals surface area contributed by atoms with Gasteiger partial charge in [-0.15, -0.1) is 0 Å². The fourth-order valence-electron chi connectivity index (χ4n) is 1.55. The molecule has 0 aromatic heterocycles. The zero-order valence-electron chi connectivity index (χ0n) is 9.53. The second-order valence-corrected chi connectivity index (χ2v) is 4.81. The largest absolute Gasteiger partial charge is 0.393 e. The predicted octanol–water partition coefficient (Wildman–Crippen LogP) is 1.70. The highest BCUT2D eigenvalue weighted by molar-refractivity contribution is 7.80. The van der Waals surface area contributed by atoms with E-state index in [0.29, 0.717) is 24.0 Å². The number of carbonyl (C=O) groups excluding carboxylic acids is 1. The first-order valence-electron chi connectivity index (χ1n) is 5.65. The summed E-state index contributed by atoms with van der Waals surface area (Å²) >= 11 is 4.84. The van der Waals surface area contributed by atoms with Gasteiger partial charge in [0.05, 0.1) is 4.99 Å². The lowest BCUT2D eigenvalue weighted by atomic mass is 10.1. The molecule has 0 aliphatic heterocycles. The van der Waals surface area contributed by atoms with Crippen molar-refractivity contribution in [2.45, 2.75) is 45.6 Å². The lowest BCUT2D eigenvalue weighted by Gasteiger charge is -2.25. The number of thiocarbonyl (C=S) groups is 1. The molecule has 4 heteroatoms. The number of carbonyl (C=O) groups is 1. The summed E-state index contributed by atoms with van der Waals surface area (Å²) in [6, 6.07) is 0.459. The van der Waals surface area contributed by atoms with Crippen molar-refractivity contribution < 1.29 is 4.79 Å². The lowest BCUT2D eigenvalue weighted by Crippen LogP contribution is -2.38. The zero-order valence-corrected chi connectivity index (χ0v) is 10.3. The fourth-order valence-corrected chi connectivity index (χ4v) is 1.64. The molecule has 1 atom stereocenters. The summed E-state index contributed by atoms with van der Waals surface area (Å²) < 4.78 is 0. The molecule has 0 saturated heterocycles. The van der Waals surface area contributed by atoms with Crippen LogP contribution in [0.2, 0.25) is 0 Å². The van der Waals surface area contributed by atoms with E-state index in [4.69, 9.17) is 18.0 Å². The molecule has 1 rings (SSSR count). The van der Waals surface area contributed by atoms with Gasteiger partial charge in [-0.1, -0.05) is 26.1 Å². The molecule has 1 unspecified atom stereocenters. The topological polar surface area (TPSA) is 46.3 Å². The van der Waals surface area contributed by atoms with Crippen LogP contribution < -0.4 is 5.73 Å². The van der Waals surface area contributed by atoms with Gasteiger partial charge >= 0.3 is 0 Å². The molecular formula is C11H20N2OS. The summed E-state index contributed by atoms with van der Waals surface area (Å²) in [7, 11) is 0. The third kappa shape index (κ3) is 3.78. The second kappa shape index (κ2) is 5.45. The van der Waals surface area contributed by atoms with Crippen molar-refractivity contribution >= 4 is 23.1 Å². The average molecular weight is 228 g/mol. The van der Waals surface area contributed by atoms with Gasteiger partial charge in [0.1, 0.15) is 0 Å². The first-order chi connectivity index (χ1) is 7.06. The molecule has 86 valence electrons. The molecule has 0 aromatic carbocycles. The maximum absolute atomic E-state index is 12.0. The maximum Gasteiger partial charge on any atom is 0.225 e. The lowest BCUT2D eigenvalue weighted by molar-refractivity contribution is -0.135. The summed E-state index contributed by atoms with van der Waals surface area (Å²) in [4.78, 5) is 14.5. The molecule has 0 spiro atoms. The van der Waals surface area contributed by atoms with Crippen LogP contribution >= 0.6 is 12.2 Å². The van der Waals surface area contributed by atoms with Gasteiger partial charge in [-0.2, -0.15) is 0 Å². The molecule has 1 fully saturated rings. The van der Waals surface area contributed by atoms with E-state index in [2.05, 4.69) is 0 Å². The van der Waals surface area contributed by atoms with Crippen LogP contribution in [0.3, 0.4) is 0 Å². The van der Waals surface area contributed by atoms with Gasteiger partial charge in [0.15, 0.2) is 0 Å². The smallest absolute Gasteiger partial charge is 0.225 e. The minimum Gasteiger partial charge on any atom is -0.393 e. The molecule has 2 N–H and O–H groups in total. The van der Waals surface area contributed by atoms with E-state index in [0.717, 1.165) is 19.3 Å². The van der Waals surface area contributed by atoms with E-state index in [9.17, 15) is 4.79 Å². The standard InChI is InChI=1S/C11H20N2OS/c1-3-8(2)11(14)13(9-4-5-9)7-6-10(12)15/h8-9H,3-7H2,1-2H3,(H2,12,15). The van der Waals surface area contributed by atoms with Crippen molar-refractivity contribution in [3.63, 3.8) is 0 Å². The summed E-state index contributed by atoms with van der Waals surface area (Å²) in [6.07, 6.45) is 3.82. The van der Waals surface area contributed by atoms with Crippen molar-refractivity contribution in [1.29, 1.82) is 0 Å². The SMILES string of the molecule is CCC(C)C(=O)N(CCC(N)=S)C1CC1. The second-order valence-electron chi connectivity index (χ2n) is 4.29. The van der Waals surface area contributed by atoms with E-state index >= 15 is 0 Å². The van der Waals surface area contributed by atoms with Crippen molar-refractivity contribution in [2.24, 2.45) is 11.7 Å². The number of rotatable bonds is 6. The van der Waals surface area contributed by atoms with E-state index < -0.39 is 0 Å². The third-order valence-electron chi connectivity index (χ3n) is 2.90. The maximum atomic E-state index is 12.0. The Morgan fingerprint density at radius 3 is 2.60 bits per heavy atom. The third-order valence-corrected chi connectivity index (χ3v) is 3.11. The van der Waals surface area contributed by atoms with Crippen molar-refractivity contribution in [3.05, 3.63) is 0 Å². The number of hydrogen-bond donors (Lipinski definition) is 1. The Balaban J connectivity index is 2.49. The normalized spacial score (nSPS) is 17.2. The minimum atomic E-state index is 0.122. The highest BCUT2D eigenvalue weighted by Crippen LogP contribution is 2.28. The summed E-state index contributed by atoms with van der Waals surface area (Å²) in [5.74, 6) is 0.383. The van der Waals surface area contributed by atoms with E-state index in [1.807, 2.05) is 18.7 Å². The van der Waals surface area contributed by atoms with Gasteiger partial charge in [-0.3, -0.25) is 4.79 Å². The fraction of sp³-hybridized carbons (Fsp3) is 0.818. The summed E-state index contributed by atoms with van der Waals surface area (Å²) in [6.45, 7) is 4.73. The van der Waals surface area contributed by atoms with Crippen molar-refractivity contribution in [1.82, 2.24) is 4.90 Å². The van der Waals surface area contributed by atoms with Gasteiger partial charge < -0.3 is 10.6 Å². The van der Waals surface area contributed by atoms with Crippen LogP contribution in [0.1, 0.15) is 39.5 Å². The monoisotopic (exact) mass is 228 g/mol. The Kier molecular flexibility index (Phi) is 4.51. The number of nitrogens with two attached hydrogens (primary N) is 1. The van der Waals surface area contributed by atoms with Gasteiger partial charge in [-0.05, 0) is 19.3 Å². The number of hydrogen-bond acceptors (Lipinski definition) is 2. The number of amides is 1. The van der Waals surface area contributed by atoms with Crippen LogP contribution in [0.15, 0.2) is 0 Å². The Hall–Kier alpha value is -0.640. The van der Waals surface area contributed by atoms with E-state index in [1.54, 1.807) is 0 Å². The van der Waals surface area contributed by atoms with Gasteiger partial charge in [-0.25, -0.2) is 0 Å². The molecule has 1 amide bonds. The summed E-state index contributed by atoms with van der Waals surface area (Å²) in [5.41, 5.74) is 5.46. The first-order valence-corrected chi connectivity index (χ1v) is 6.05. The predicted molar refractivity (Wildman–Crippen MR) is 65.6 cm³/mol. The van der Waals surface area contributed by atoms with Gasteiger partial charge in [0, 0.05) is 24.9 Å². The molecule has 1 aliphatic carbocycles.